The molecule has 1 aromatic carbocycles. The molecule has 0 radical (unpaired) electrons. The van der Waals surface area contributed by atoms with Gasteiger partial charge in [0.25, 0.3) is 0 Å². The van der Waals surface area contributed by atoms with Crippen LogP contribution in [0.5, 0.6) is 0 Å². The summed E-state index contributed by atoms with van der Waals surface area (Å²) in [7, 11) is 0. The summed E-state index contributed by atoms with van der Waals surface area (Å²) >= 11 is 5.70. The molecule has 1 N–H and O–H groups in total. The van der Waals surface area contributed by atoms with Crippen molar-refractivity contribution in [1.29, 1.82) is 5.26 Å². The molecule has 0 saturated heterocycles. The van der Waals surface area contributed by atoms with Crippen LogP contribution in [0.3, 0.4) is 0 Å². The predicted octanol–water partition coefficient (Wildman–Crippen LogP) is 4.07. The number of benzene rings is 1. The zero-order chi connectivity index (χ0) is 15.6. The van der Waals surface area contributed by atoms with Crippen molar-refractivity contribution < 1.29 is 13.2 Å². The van der Waals surface area contributed by atoms with E-state index in [4.69, 9.17) is 16.9 Å². The van der Waals surface area contributed by atoms with Crippen LogP contribution in [0.1, 0.15) is 16.8 Å². The van der Waals surface area contributed by atoms with Gasteiger partial charge in [-0.05, 0) is 36.7 Å². The molecule has 0 atom stereocenters. The molecule has 0 aliphatic heterocycles. The second-order valence-electron chi connectivity index (χ2n) is 4.16. The topological polar surface area (TPSA) is 61.6 Å². The summed E-state index contributed by atoms with van der Waals surface area (Å²) in [5.74, 6) is 0.295. The summed E-state index contributed by atoms with van der Waals surface area (Å²) in [6.45, 7) is 1.69. The third-order valence-electron chi connectivity index (χ3n) is 2.56. The number of nitriles is 1. The van der Waals surface area contributed by atoms with Crippen molar-refractivity contribution in [2.75, 3.05) is 5.32 Å². The minimum absolute atomic E-state index is 0.00270. The maximum absolute atomic E-state index is 12.6. The van der Waals surface area contributed by atoms with Gasteiger partial charge in [-0.1, -0.05) is 0 Å². The molecule has 0 fully saturated rings. The van der Waals surface area contributed by atoms with E-state index in [9.17, 15) is 13.2 Å². The first-order valence-corrected chi connectivity index (χ1v) is 6.07. The van der Waals surface area contributed by atoms with Crippen LogP contribution in [-0.4, -0.2) is 9.97 Å². The van der Waals surface area contributed by atoms with Gasteiger partial charge < -0.3 is 5.32 Å². The lowest BCUT2D eigenvalue weighted by Crippen LogP contribution is -2.06. The van der Waals surface area contributed by atoms with Gasteiger partial charge in [0.15, 0.2) is 0 Å². The van der Waals surface area contributed by atoms with Crippen molar-refractivity contribution in [2.24, 2.45) is 0 Å². The molecule has 0 amide bonds. The summed E-state index contributed by atoms with van der Waals surface area (Å²) in [6, 6.07) is 6.12. The van der Waals surface area contributed by atoms with Crippen LogP contribution < -0.4 is 5.32 Å². The number of halogens is 4. The number of alkyl halides is 3. The Hall–Kier alpha value is -2.33. The highest BCUT2D eigenvalue weighted by atomic mass is 35.5. The Morgan fingerprint density at radius 2 is 1.95 bits per heavy atom. The zero-order valence-electron chi connectivity index (χ0n) is 10.7. The molecule has 0 aliphatic rings. The monoisotopic (exact) mass is 312 g/mol. The Bertz CT molecular complexity index is 702. The number of aryl methyl sites for hydroxylation is 1. The van der Waals surface area contributed by atoms with Gasteiger partial charge in [-0.15, -0.1) is 0 Å². The fraction of sp³-hybridized carbons (Fsp3) is 0.154. The van der Waals surface area contributed by atoms with Crippen LogP contribution in [-0.2, 0) is 6.18 Å². The van der Waals surface area contributed by atoms with E-state index in [1.54, 1.807) is 19.1 Å². The average molecular weight is 313 g/mol. The van der Waals surface area contributed by atoms with E-state index in [0.29, 0.717) is 11.5 Å². The van der Waals surface area contributed by atoms with Crippen LogP contribution in [0.2, 0.25) is 5.28 Å². The minimum atomic E-state index is -4.50. The highest BCUT2D eigenvalue weighted by molar-refractivity contribution is 6.28. The molecule has 1 heterocycles. The van der Waals surface area contributed by atoms with Crippen molar-refractivity contribution in [1.82, 2.24) is 9.97 Å². The van der Waals surface area contributed by atoms with Crippen molar-refractivity contribution in [3.05, 3.63) is 46.4 Å². The standard InChI is InChI=1S/C13H8ClF3N4/c1-7-4-11(21-12(14)19-7)20-10-3-2-9(13(15,16)17)5-8(10)6-18/h2-5H,1H3,(H,19,20,21). The number of nitrogens with zero attached hydrogens (tertiary/aromatic N) is 3. The SMILES string of the molecule is Cc1cc(Nc2ccc(C(F)(F)F)cc2C#N)nc(Cl)n1. The van der Waals surface area contributed by atoms with E-state index < -0.39 is 11.7 Å². The highest BCUT2D eigenvalue weighted by Crippen LogP contribution is 2.32. The number of hydrogen-bond donors (Lipinski definition) is 1. The van der Waals surface area contributed by atoms with Gasteiger partial charge in [0.1, 0.15) is 11.9 Å². The molecule has 108 valence electrons. The van der Waals surface area contributed by atoms with Gasteiger partial charge in [0.2, 0.25) is 5.28 Å². The molecule has 21 heavy (non-hydrogen) atoms. The molecule has 0 unspecified atom stereocenters. The molecule has 0 bridgehead atoms. The smallest absolute Gasteiger partial charge is 0.339 e. The first kappa shape index (κ1) is 15.1. The molecular weight excluding hydrogens is 305 g/mol. The first-order chi connectivity index (χ1) is 9.79. The van der Waals surface area contributed by atoms with Crippen LogP contribution in [0.15, 0.2) is 24.3 Å². The molecular formula is C13H8ClF3N4. The maximum atomic E-state index is 12.6. The molecule has 2 aromatic rings. The Balaban J connectivity index is 2.39. The van der Waals surface area contributed by atoms with Crippen molar-refractivity contribution in [3.8, 4) is 6.07 Å². The summed E-state index contributed by atoms with van der Waals surface area (Å²) in [4.78, 5) is 7.75. The minimum Gasteiger partial charge on any atom is -0.339 e. The molecule has 4 nitrogen and oxygen atoms in total. The van der Waals surface area contributed by atoms with Gasteiger partial charge in [0.05, 0.1) is 16.8 Å². The maximum Gasteiger partial charge on any atom is 0.416 e. The van der Waals surface area contributed by atoms with Gasteiger partial charge >= 0.3 is 6.18 Å². The first-order valence-electron chi connectivity index (χ1n) is 5.69. The number of anilines is 2. The number of rotatable bonds is 2. The van der Waals surface area contributed by atoms with Gasteiger partial charge in [-0.3, -0.25) is 0 Å². The normalized spacial score (nSPS) is 11.0. The number of hydrogen-bond acceptors (Lipinski definition) is 4. The summed E-state index contributed by atoms with van der Waals surface area (Å²) in [5.41, 5.74) is -0.235. The Morgan fingerprint density at radius 1 is 1.24 bits per heavy atom. The van der Waals surface area contributed by atoms with E-state index in [1.807, 2.05) is 0 Å². The van der Waals surface area contributed by atoms with E-state index in [-0.39, 0.29) is 16.5 Å². The van der Waals surface area contributed by atoms with E-state index in [0.717, 1.165) is 12.1 Å². The highest BCUT2D eigenvalue weighted by Gasteiger charge is 2.31. The second kappa shape index (κ2) is 5.58. The average Bonchev–Trinajstić information content (AvgIpc) is 2.36. The van der Waals surface area contributed by atoms with Crippen LogP contribution in [0.25, 0.3) is 0 Å². The van der Waals surface area contributed by atoms with Gasteiger partial charge in [-0.2, -0.15) is 18.4 Å². The lowest BCUT2D eigenvalue weighted by Gasteiger charge is -2.11. The summed E-state index contributed by atoms with van der Waals surface area (Å²) in [5, 5.41) is 11.7. The molecule has 1 aromatic heterocycles. The zero-order valence-corrected chi connectivity index (χ0v) is 11.4. The second-order valence-corrected chi connectivity index (χ2v) is 4.50. The lowest BCUT2D eigenvalue weighted by molar-refractivity contribution is -0.137. The van der Waals surface area contributed by atoms with E-state index >= 15 is 0 Å². The fourth-order valence-electron chi connectivity index (χ4n) is 1.66. The fourth-order valence-corrected chi connectivity index (χ4v) is 1.88. The largest absolute Gasteiger partial charge is 0.416 e. The molecule has 0 aliphatic carbocycles. The van der Waals surface area contributed by atoms with Crippen molar-refractivity contribution >= 4 is 23.1 Å². The Kier molecular flexibility index (Phi) is 4.00. The number of aromatic nitrogens is 2. The summed E-state index contributed by atoms with van der Waals surface area (Å²) < 4.78 is 37.8. The van der Waals surface area contributed by atoms with Crippen LogP contribution in [0, 0.1) is 18.3 Å². The van der Waals surface area contributed by atoms with Crippen molar-refractivity contribution in [3.63, 3.8) is 0 Å². The third-order valence-corrected chi connectivity index (χ3v) is 2.73. The van der Waals surface area contributed by atoms with Crippen LogP contribution >= 0.6 is 11.6 Å². The van der Waals surface area contributed by atoms with Crippen molar-refractivity contribution in [2.45, 2.75) is 13.1 Å². The molecule has 0 spiro atoms. The summed E-state index contributed by atoms with van der Waals surface area (Å²) in [6.07, 6.45) is -4.50. The Labute approximate surface area is 123 Å². The lowest BCUT2D eigenvalue weighted by atomic mass is 10.1. The van der Waals surface area contributed by atoms with Crippen LogP contribution in [0.4, 0.5) is 24.7 Å². The quantitative estimate of drug-likeness (QED) is 0.849. The molecule has 2 rings (SSSR count). The molecule has 0 saturated carbocycles. The predicted molar refractivity (Wildman–Crippen MR) is 71.2 cm³/mol. The number of nitrogens with one attached hydrogen (secondary N) is 1. The van der Waals surface area contributed by atoms with E-state index in [1.165, 1.54) is 6.07 Å². The van der Waals surface area contributed by atoms with Gasteiger partial charge in [0, 0.05) is 11.8 Å². The van der Waals surface area contributed by atoms with E-state index in [2.05, 4.69) is 15.3 Å². The third kappa shape index (κ3) is 3.61. The van der Waals surface area contributed by atoms with Gasteiger partial charge in [-0.25, -0.2) is 9.97 Å². The molecule has 8 heteroatoms. The Morgan fingerprint density at radius 3 is 2.52 bits per heavy atom.